The summed E-state index contributed by atoms with van der Waals surface area (Å²) < 4.78 is 40.8. The number of thiazole rings is 1. The number of nitrogens with one attached hydrogen (secondary N) is 1. The Morgan fingerprint density at radius 1 is 1.23 bits per heavy atom. The highest BCUT2D eigenvalue weighted by Crippen LogP contribution is 2.29. The number of sulfonamides is 1. The summed E-state index contributed by atoms with van der Waals surface area (Å²) in [5.41, 5.74) is 1.32. The molecule has 1 heterocycles. The molecule has 0 aliphatic rings. The summed E-state index contributed by atoms with van der Waals surface area (Å²) in [4.78, 5) is 4.18. The van der Waals surface area contributed by atoms with E-state index in [1.165, 1.54) is 30.3 Å². The second-order valence-electron chi connectivity index (χ2n) is 4.65. The molecular formula is C14H10ClFN2O2S2. The first-order valence-electron chi connectivity index (χ1n) is 6.20. The van der Waals surface area contributed by atoms with E-state index in [2.05, 4.69) is 9.71 Å². The van der Waals surface area contributed by atoms with E-state index in [4.69, 9.17) is 11.6 Å². The highest BCUT2D eigenvalue weighted by atomic mass is 35.5. The fourth-order valence-corrected chi connectivity index (χ4v) is 4.25. The van der Waals surface area contributed by atoms with Gasteiger partial charge in [-0.1, -0.05) is 29.0 Å². The molecule has 0 saturated carbocycles. The molecule has 0 aliphatic carbocycles. The number of fused-ring (bicyclic) bond motifs is 1. The molecule has 0 bridgehead atoms. The molecule has 8 heteroatoms. The molecule has 0 spiro atoms. The molecule has 4 nitrogen and oxygen atoms in total. The fourth-order valence-electron chi connectivity index (χ4n) is 1.86. The zero-order chi connectivity index (χ0) is 15.9. The summed E-state index contributed by atoms with van der Waals surface area (Å²) >= 11 is 7.02. The normalized spacial score (nSPS) is 11.8. The number of aromatic nitrogens is 1. The van der Waals surface area contributed by atoms with Crippen LogP contribution in [0.15, 0.2) is 41.3 Å². The standard InChI is InChI=1S/C14H10ClFN2O2S2/c1-8-2-4-10(7-11(8)15)22(19,20)18-14-17-12-5-3-9(16)6-13(12)21-14/h2-7H,1H3,(H,17,18). The number of rotatable bonds is 3. The van der Waals surface area contributed by atoms with E-state index in [0.29, 0.717) is 15.2 Å². The van der Waals surface area contributed by atoms with Crippen molar-refractivity contribution in [3.8, 4) is 0 Å². The summed E-state index contributed by atoms with van der Waals surface area (Å²) in [7, 11) is -3.79. The van der Waals surface area contributed by atoms with Crippen LogP contribution in [-0.2, 0) is 10.0 Å². The third-order valence-corrected chi connectivity index (χ3v) is 5.83. The van der Waals surface area contributed by atoms with Crippen LogP contribution in [0.25, 0.3) is 10.2 Å². The van der Waals surface area contributed by atoms with Crippen molar-refractivity contribution in [1.29, 1.82) is 0 Å². The van der Waals surface area contributed by atoms with Gasteiger partial charge in [-0.3, -0.25) is 4.72 Å². The Labute approximate surface area is 135 Å². The number of benzene rings is 2. The minimum absolute atomic E-state index is 0.0496. The molecule has 0 unspecified atom stereocenters. The lowest BCUT2D eigenvalue weighted by molar-refractivity contribution is 0.601. The maximum absolute atomic E-state index is 13.2. The Morgan fingerprint density at radius 2 is 2.00 bits per heavy atom. The van der Waals surface area contributed by atoms with Crippen molar-refractivity contribution in [2.45, 2.75) is 11.8 Å². The zero-order valence-corrected chi connectivity index (χ0v) is 13.7. The summed E-state index contributed by atoms with van der Waals surface area (Å²) in [5, 5.41) is 0.548. The smallest absolute Gasteiger partial charge is 0.255 e. The number of nitrogens with zero attached hydrogens (tertiary/aromatic N) is 1. The number of aryl methyl sites for hydroxylation is 1. The lowest BCUT2D eigenvalue weighted by atomic mass is 10.2. The fraction of sp³-hybridized carbons (Fsp3) is 0.0714. The summed E-state index contributed by atoms with van der Waals surface area (Å²) in [5.74, 6) is -0.393. The van der Waals surface area contributed by atoms with E-state index >= 15 is 0 Å². The molecule has 1 N–H and O–H groups in total. The molecule has 0 amide bonds. The monoisotopic (exact) mass is 356 g/mol. The van der Waals surface area contributed by atoms with Crippen LogP contribution < -0.4 is 4.72 Å². The van der Waals surface area contributed by atoms with E-state index in [0.717, 1.165) is 16.9 Å². The van der Waals surface area contributed by atoms with Gasteiger partial charge in [-0.25, -0.2) is 17.8 Å². The Balaban J connectivity index is 1.96. The van der Waals surface area contributed by atoms with Crippen LogP contribution in [0.4, 0.5) is 9.52 Å². The van der Waals surface area contributed by atoms with Gasteiger partial charge in [-0.15, -0.1) is 0 Å². The topological polar surface area (TPSA) is 59.1 Å². The molecule has 0 saturated heterocycles. The van der Waals surface area contributed by atoms with Gasteiger partial charge in [-0.05, 0) is 42.8 Å². The first-order chi connectivity index (χ1) is 10.3. The van der Waals surface area contributed by atoms with Crippen molar-refractivity contribution in [3.05, 3.63) is 52.8 Å². The number of halogens is 2. The van der Waals surface area contributed by atoms with Crippen LogP contribution in [0.5, 0.6) is 0 Å². The molecule has 22 heavy (non-hydrogen) atoms. The third-order valence-electron chi connectivity index (χ3n) is 3.03. The largest absolute Gasteiger partial charge is 0.263 e. The Morgan fingerprint density at radius 3 is 2.73 bits per heavy atom. The average molecular weight is 357 g/mol. The van der Waals surface area contributed by atoms with Gasteiger partial charge >= 0.3 is 0 Å². The highest BCUT2D eigenvalue weighted by molar-refractivity contribution is 7.93. The Kier molecular flexibility index (Phi) is 3.80. The van der Waals surface area contributed by atoms with E-state index in [-0.39, 0.29) is 10.0 Å². The molecule has 0 atom stereocenters. The number of hydrogen-bond donors (Lipinski definition) is 1. The van der Waals surface area contributed by atoms with E-state index < -0.39 is 15.8 Å². The molecule has 3 aromatic rings. The highest BCUT2D eigenvalue weighted by Gasteiger charge is 2.17. The van der Waals surface area contributed by atoms with Crippen LogP contribution in [0, 0.1) is 12.7 Å². The van der Waals surface area contributed by atoms with Crippen molar-refractivity contribution >= 4 is 48.3 Å². The van der Waals surface area contributed by atoms with Gasteiger partial charge < -0.3 is 0 Å². The maximum Gasteiger partial charge on any atom is 0.263 e. The second kappa shape index (κ2) is 5.49. The van der Waals surface area contributed by atoms with Crippen molar-refractivity contribution in [1.82, 2.24) is 4.98 Å². The van der Waals surface area contributed by atoms with Gasteiger partial charge in [0, 0.05) is 5.02 Å². The minimum Gasteiger partial charge on any atom is -0.255 e. The average Bonchev–Trinajstić information content (AvgIpc) is 2.82. The van der Waals surface area contributed by atoms with Gasteiger partial charge in [0.25, 0.3) is 10.0 Å². The van der Waals surface area contributed by atoms with Gasteiger partial charge in [0.15, 0.2) is 5.13 Å². The second-order valence-corrected chi connectivity index (χ2v) is 7.77. The third kappa shape index (κ3) is 2.92. The van der Waals surface area contributed by atoms with Gasteiger partial charge in [-0.2, -0.15) is 0 Å². The quantitative estimate of drug-likeness (QED) is 0.765. The predicted molar refractivity (Wildman–Crippen MR) is 86.6 cm³/mol. The predicted octanol–water partition coefficient (Wildman–Crippen LogP) is 4.20. The molecule has 0 radical (unpaired) electrons. The van der Waals surface area contributed by atoms with E-state index in [1.807, 2.05) is 0 Å². The molecular weight excluding hydrogens is 347 g/mol. The zero-order valence-electron chi connectivity index (χ0n) is 11.3. The van der Waals surface area contributed by atoms with Crippen molar-refractivity contribution in [3.63, 3.8) is 0 Å². The minimum atomic E-state index is -3.79. The van der Waals surface area contributed by atoms with E-state index in [1.54, 1.807) is 13.0 Å². The Bertz CT molecular complexity index is 970. The van der Waals surface area contributed by atoms with Crippen molar-refractivity contribution in [2.75, 3.05) is 4.72 Å². The van der Waals surface area contributed by atoms with Crippen molar-refractivity contribution < 1.29 is 12.8 Å². The lowest BCUT2D eigenvalue weighted by Crippen LogP contribution is -2.12. The number of hydrogen-bond acceptors (Lipinski definition) is 4. The van der Waals surface area contributed by atoms with Crippen LogP contribution in [0.3, 0.4) is 0 Å². The first kappa shape index (κ1) is 15.2. The van der Waals surface area contributed by atoms with Crippen LogP contribution in [0.1, 0.15) is 5.56 Å². The lowest BCUT2D eigenvalue weighted by Gasteiger charge is -2.06. The van der Waals surface area contributed by atoms with Gasteiger partial charge in [0.1, 0.15) is 5.82 Å². The maximum atomic E-state index is 13.2. The Hall–Kier alpha value is -1.70. The van der Waals surface area contributed by atoms with Gasteiger partial charge in [0.2, 0.25) is 0 Å². The van der Waals surface area contributed by atoms with E-state index in [9.17, 15) is 12.8 Å². The van der Waals surface area contributed by atoms with Gasteiger partial charge in [0.05, 0.1) is 15.1 Å². The molecule has 0 fully saturated rings. The molecule has 0 aliphatic heterocycles. The first-order valence-corrected chi connectivity index (χ1v) is 8.88. The van der Waals surface area contributed by atoms with Crippen molar-refractivity contribution in [2.24, 2.45) is 0 Å². The SMILES string of the molecule is Cc1ccc(S(=O)(=O)Nc2nc3ccc(F)cc3s2)cc1Cl. The van der Waals surface area contributed by atoms with Crippen LogP contribution >= 0.6 is 22.9 Å². The molecule has 3 rings (SSSR count). The molecule has 1 aromatic heterocycles. The summed E-state index contributed by atoms with van der Waals surface area (Å²) in [6, 6.07) is 8.57. The summed E-state index contributed by atoms with van der Waals surface area (Å²) in [6.45, 7) is 1.79. The van der Waals surface area contributed by atoms with Crippen LogP contribution in [0.2, 0.25) is 5.02 Å². The molecule has 2 aromatic carbocycles. The number of anilines is 1. The molecule has 114 valence electrons. The van der Waals surface area contributed by atoms with Crippen LogP contribution in [-0.4, -0.2) is 13.4 Å². The summed E-state index contributed by atoms with van der Waals surface area (Å²) in [6.07, 6.45) is 0.